The predicted octanol–water partition coefficient (Wildman–Crippen LogP) is 4.66. The van der Waals surface area contributed by atoms with Gasteiger partial charge in [0.05, 0.1) is 6.61 Å². The first-order valence-electron chi connectivity index (χ1n) is 7.87. The van der Waals surface area contributed by atoms with E-state index in [1.807, 2.05) is 0 Å². The molecule has 1 aliphatic heterocycles. The zero-order valence-corrected chi connectivity index (χ0v) is 14.9. The number of hydrogen-bond acceptors (Lipinski definition) is 2. The number of benzene rings is 1. The van der Waals surface area contributed by atoms with Gasteiger partial charge in [-0.15, -0.1) is 11.6 Å². The van der Waals surface area contributed by atoms with E-state index in [9.17, 15) is 0 Å². The first-order chi connectivity index (χ1) is 10.1. The fourth-order valence-electron chi connectivity index (χ4n) is 3.75. The molecule has 0 bridgehead atoms. The van der Waals surface area contributed by atoms with Gasteiger partial charge in [-0.25, -0.2) is 0 Å². The number of halogens is 2. The lowest BCUT2D eigenvalue weighted by molar-refractivity contribution is 0.207. The third-order valence-electron chi connectivity index (χ3n) is 4.83. The van der Waals surface area contributed by atoms with Crippen LogP contribution in [0.3, 0.4) is 0 Å². The monoisotopic (exact) mass is 371 g/mol. The van der Waals surface area contributed by atoms with E-state index in [0.717, 1.165) is 35.7 Å². The van der Waals surface area contributed by atoms with E-state index in [4.69, 9.17) is 16.3 Å². The summed E-state index contributed by atoms with van der Waals surface area (Å²) in [6.45, 7) is 3.97. The molecule has 1 heterocycles. The number of nitrogens with one attached hydrogen (secondary N) is 1. The quantitative estimate of drug-likeness (QED) is 0.776. The Morgan fingerprint density at radius 3 is 3.10 bits per heavy atom. The van der Waals surface area contributed by atoms with Crippen LogP contribution in [0.1, 0.15) is 43.7 Å². The van der Waals surface area contributed by atoms with Crippen molar-refractivity contribution in [3.8, 4) is 5.75 Å². The Labute approximate surface area is 140 Å². The minimum absolute atomic E-state index is 0.0903. The van der Waals surface area contributed by atoms with Crippen LogP contribution >= 0.6 is 27.5 Å². The lowest BCUT2D eigenvalue weighted by Crippen LogP contribution is -2.49. The molecule has 2 unspecified atom stereocenters. The number of fused-ring (bicyclic) bond motifs is 1. The van der Waals surface area contributed by atoms with Gasteiger partial charge in [-0.05, 0) is 36.5 Å². The van der Waals surface area contributed by atoms with Crippen LogP contribution in [0.4, 0.5) is 0 Å². The third kappa shape index (κ3) is 3.40. The lowest BCUT2D eigenvalue weighted by Gasteiger charge is -2.39. The Hall–Kier alpha value is -0.250. The molecular weight excluding hydrogens is 350 g/mol. The van der Waals surface area contributed by atoms with Crippen LogP contribution in [0, 0.1) is 5.92 Å². The first kappa shape index (κ1) is 15.6. The van der Waals surface area contributed by atoms with Gasteiger partial charge in [-0.3, -0.25) is 0 Å². The lowest BCUT2D eigenvalue weighted by atomic mass is 9.77. The SMILES string of the molecule is CC1CCCC(CCl)(NCc2cc(Br)cc3c2OCC3)C1. The molecule has 0 saturated heterocycles. The van der Waals surface area contributed by atoms with Gasteiger partial charge in [0, 0.05) is 34.4 Å². The van der Waals surface area contributed by atoms with Crippen molar-refractivity contribution in [3.05, 3.63) is 27.7 Å². The van der Waals surface area contributed by atoms with Crippen molar-refractivity contribution in [1.82, 2.24) is 5.32 Å². The highest BCUT2D eigenvalue weighted by Crippen LogP contribution is 2.36. The second-order valence-electron chi connectivity index (χ2n) is 6.62. The normalized spacial score (nSPS) is 28.2. The molecule has 1 saturated carbocycles. The molecule has 0 amide bonds. The van der Waals surface area contributed by atoms with Crippen molar-refractivity contribution in [2.75, 3.05) is 12.5 Å². The van der Waals surface area contributed by atoms with Crippen molar-refractivity contribution < 1.29 is 4.74 Å². The van der Waals surface area contributed by atoms with Crippen LogP contribution in [0.2, 0.25) is 0 Å². The Morgan fingerprint density at radius 1 is 1.48 bits per heavy atom. The van der Waals surface area contributed by atoms with Crippen LogP contribution in [0.25, 0.3) is 0 Å². The second-order valence-corrected chi connectivity index (χ2v) is 7.80. The molecule has 3 rings (SSSR count). The Kier molecular flexibility index (Phi) is 4.82. The standard InChI is InChI=1S/C17H23BrClNO/c1-12-3-2-5-17(9-12,11-19)20-10-14-8-15(18)7-13-4-6-21-16(13)14/h7-8,12,20H,2-6,9-11H2,1H3. The molecule has 1 N–H and O–H groups in total. The molecule has 1 fully saturated rings. The summed E-state index contributed by atoms with van der Waals surface area (Å²) in [5, 5.41) is 3.76. The van der Waals surface area contributed by atoms with Crippen LogP contribution < -0.4 is 10.1 Å². The summed E-state index contributed by atoms with van der Waals surface area (Å²) < 4.78 is 6.96. The molecule has 1 aliphatic carbocycles. The average Bonchev–Trinajstić information content (AvgIpc) is 2.93. The van der Waals surface area contributed by atoms with Crippen molar-refractivity contribution in [2.45, 2.75) is 51.1 Å². The molecule has 1 aromatic rings. The fraction of sp³-hybridized carbons (Fsp3) is 0.647. The van der Waals surface area contributed by atoms with Crippen LogP contribution in [0.15, 0.2) is 16.6 Å². The zero-order chi connectivity index (χ0) is 14.9. The largest absolute Gasteiger partial charge is 0.493 e. The molecule has 2 aliphatic rings. The Balaban J connectivity index is 1.75. The third-order valence-corrected chi connectivity index (χ3v) is 5.80. The zero-order valence-electron chi connectivity index (χ0n) is 12.6. The van der Waals surface area contributed by atoms with E-state index in [1.165, 1.54) is 36.8 Å². The molecule has 0 spiro atoms. The van der Waals surface area contributed by atoms with Crippen molar-refractivity contribution in [3.63, 3.8) is 0 Å². The van der Waals surface area contributed by atoms with E-state index in [2.05, 4.69) is 40.3 Å². The van der Waals surface area contributed by atoms with Gasteiger partial charge in [0.2, 0.25) is 0 Å². The molecule has 0 aromatic heterocycles. The maximum atomic E-state index is 6.31. The van der Waals surface area contributed by atoms with Crippen LogP contribution in [-0.4, -0.2) is 18.0 Å². The molecular formula is C17H23BrClNO. The highest BCUT2D eigenvalue weighted by atomic mass is 79.9. The molecule has 1 aromatic carbocycles. The smallest absolute Gasteiger partial charge is 0.127 e. The fourth-order valence-corrected chi connectivity index (χ4v) is 4.64. The second kappa shape index (κ2) is 6.47. The number of ether oxygens (including phenoxy) is 1. The summed E-state index contributed by atoms with van der Waals surface area (Å²) in [4.78, 5) is 0. The summed E-state index contributed by atoms with van der Waals surface area (Å²) >= 11 is 9.93. The van der Waals surface area contributed by atoms with Crippen molar-refractivity contribution in [1.29, 1.82) is 0 Å². The van der Waals surface area contributed by atoms with Gasteiger partial charge >= 0.3 is 0 Å². The summed E-state index contributed by atoms with van der Waals surface area (Å²) in [5.74, 6) is 2.53. The van der Waals surface area contributed by atoms with E-state index in [1.54, 1.807) is 0 Å². The Bertz CT molecular complexity index is 522. The van der Waals surface area contributed by atoms with Gasteiger partial charge in [0.25, 0.3) is 0 Å². The number of rotatable bonds is 4. The van der Waals surface area contributed by atoms with Crippen molar-refractivity contribution in [2.24, 2.45) is 5.92 Å². The number of hydrogen-bond donors (Lipinski definition) is 1. The molecule has 0 radical (unpaired) electrons. The van der Waals surface area contributed by atoms with E-state index in [0.29, 0.717) is 5.88 Å². The number of alkyl halides is 1. The minimum atomic E-state index is 0.0903. The van der Waals surface area contributed by atoms with Crippen LogP contribution in [0.5, 0.6) is 5.75 Å². The first-order valence-corrected chi connectivity index (χ1v) is 9.20. The van der Waals surface area contributed by atoms with Crippen molar-refractivity contribution >= 4 is 27.5 Å². The van der Waals surface area contributed by atoms with Gasteiger partial charge in [-0.2, -0.15) is 0 Å². The highest BCUT2D eigenvalue weighted by molar-refractivity contribution is 9.10. The maximum Gasteiger partial charge on any atom is 0.127 e. The predicted molar refractivity (Wildman–Crippen MR) is 91.3 cm³/mol. The van der Waals surface area contributed by atoms with Gasteiger partial charge in [0.1, 0.15) is 5.75 Å². The molecule has 2 nitrogen and oxygen atoms in total. The minimum Gasteiger partial charge on any atom is -0.493 e. The summed E-state index contributed by atoms with van der Waals surface area (Å²) in [6, 6.07) is 4.34. The van der Waals surface area contributed by atoms with Gasteiger partial charge in [-0.1, -0.05) is 35.7 Å². The summed E-state index contributed by atoms with van der Waals surface area (Å²) in [7, 11) is 0. The highest BCUT2D eigenvalue weighted by Gasteiger charge is 2.34. The van der Waals surface area contributed by atoms with Crippen LogP contribution in [-0.2, 0) is 13.0 Å². The summed E-state index contributed by atoms with van der Waals surface area (Å²) in [6.07, 6.45) is 5.97. The van der Waals surface area contributed by atoms with Gasteiger partial charge in [0.15, 0.2) is 0 Å². The molecule has 116 valence electrons. The van der Waals surface area contributed by atoms with Gasteiger partial charge < -0.3 is 10.1 Å². The maximum absolute atomic E-state index is 6.31. The average molecular weight is 373 g/mol. The van der Waals surface area contributed by atoms with E-state index in [-0.39, 0.29) is 5.54 Å². The molecule has 4 heteroatoms. The molecule has 21 heavy (non-hydrogen) atoms. The van der Waals surface area contributed by atoms with E-state index < -0.39 is 0 Å². The topological polar surface area (TPSA) is 21.3 Å². The molecule has 2 atom stereocenters. The summed E-state index contributed by atoms with van der Waals surface area (Å²) in [5.41, 5.74) is 2.66. The van der Waals surface area contributed by atoms with E-state index >= 15 is 0 Å². The Morgan fingerprint density at radius 2 is 2.33 bits per heavy atom.